The predicted molar refractivity (Wildman–Crippen MR) is 77.6 cm³/mol. The summed E-state index contributed by atoms with van der Waals surface area (Å²) in [5, 5.41) is 0. The van der Waals surface area contributed by atoms with Crippen LogP contribution in [-0.4, -0.2) is 18.6 Å². The molecule has 4 nitrogen and oxygen atoms in total. The lowest BCUT2D eigenvalue weighted by Gasteiger charge is -2.34. The maximum Gasteiger partial charge on any atom is 0.262 e. The third kappa shape index (κ3) is 3.47. The molecule has 0 atom stereocenters. The Labute approximate surface area is 126 Å². The average molecular weight is 316 g/mol. The molecule has 1 fully saturated rings. The van der Waals surface area contributed by atoms with Gasteiger partial charge in [-0.25, -0.2) is 8.78 Å². The van der Waals surface area contributed by atoms with Gasteiger partial charge in [-0.3, -0.25) is 9.52 Å². The first-order chi connectivity index (χ1) is 9.98. The lowest BCUT2D eigenvalue weighted by Crippen LogP contribution is -2.47. The van der Waals surface area contributed by atoms with Gasteiger partial charge < -0.3 is 10.5 Å². The first-order valence-corrected chi connectivity index (χ1v) is 7.57. The smallest absolute Gasteiger partial charge is 0.262 e. The first kappa shape index (κ1) is 16.0. The summed E-state index contributed by atoms with van der Waals surface area (Å²) in [4.78, 5) is 12.5. The molecule has 1 amide bonds. The second kappa shape index (κ2) is 6.62. The van der Waals surface area contributed by atoms with Gasteiger partial charge in [-0.05, 0) is 36.9 Å². The van der Waals surface area contributed by atoms with E-state index in [-0.39, 0.29) is 10.8 Å². The quantitative estimate of drug-likeness (QED) is 0.662. The number of nitrogens with one attached hydrogen (secondary N) is 1. The molecule has 2 rings (SSSR count). The number of benzene rings is 1. The summed E-state index contributed by atoms with van der Waals surface area (Å²) in [5.74, 6) is -1.95. The summed E-state index contributed by atoms with van der Waals surface area (Å²) in [6.07, 6.45) is 4.24. The van der Waals surface area contributed by atoms with Gasteiger partial charge in [0, 0.05) is 12.0 Å². The average Bonchev–Trinajstić information content (AvgIpc) is 2.50. The van der Waals surface area contributed by atoms with E-state index in [9.17, 15) is 13.6 Å². The van der Waals surface area contributed by atoms with Crippen molar-refractivity contribution in [2.75, 3.05) is 12.8 Å². The van der Waals surface area contributed by atoms with Gasteiger partial charge in [0.1, 0.15) is 22.9 Å². The van der Waals surface area contributed by atoms with E-state index in [1.807, 2.05) is 0 Å². The van der Waals surface area contributed by atoms with Crippen LogP contribution in [0, 0.1) is 11.6 Å². The number of rotatable bonds is 4. The molecule has 0 aromatic heterocycles. The van der Waals surface area contributed by atoms with Crippen LogP contribution in [-0.2, 0) is 9.53 Å². The van der Waals surface area contributed by atoms with Crippen molar-refractivity contribution in [3.05, 3.63) is 23.8 Å². The van der Waals surface area contributed by atoms with E-state index >= 15 is 0 Å². The summed E-state index contributed by atoms with van der Waals surface area (Å²) >= 11 is 0.858. The number of ether oxygens (including phenoxy) is 1. The van der Waals surface area contributed by atoms with E-state index in [1.165, 1.54) is 7.11 Å². The van der Waals surface area contributed by atoms with Gasteiger partial charge in [0.15, 0.2) is 0 Å². The van der Waals surface area contributed by atoms with Crippen LogP contribution in [0.5, 0.6) is 0 Å². The van der Waals surface area contributed by atoms with Gasteiger partial charge in [0.25, 0.3) is 5.91 Å². The van der Waals surface area contributed by atoms with Crippen LogP contribution < -0.4 is 10.5 Å². The zero-order valence-electron chi connectivity index (χ0n) is 11.7. The van der Waals surface area contributed by atoms with Gasteiger partial charge >= 0.3 is 0 Å². The third-order valence-electron chi connectivity index (χ3n) is 3.78. The maximum absolute atomic E-state index is 13.3. The molecule has 3 N–H and O–H groups in total. The molecule has 0 saturated heterocycles. The second-order valence-corrected chi connectivity index (χ2v) is 5.97. The number of amides is 1. The molecule has 0 heterocycles. The monoisotopic (exact) mass is 316 g/mol. The highest BCUT2D eigenvalue weighted by atomic mass is 32.2. The molecule has 1 aliphatic carbocycles. The van der Waals surface area contributed by atoms with Gasteiger partial charge in [-0.1, -0.05) is 19.3 Å². The summed E-state index contributed by atoms with van der Waals surface area (Å²) in [6, 6.07) is 2.17. The molecule has 7 heteroatoms. The fourth-order valence-corrected chi connectivity index (χ4v) is 3.19. The normalized spacial score (nSPS) is 17.5. The van der Waals surface area contributed by atoms with Crippen molar-refractivity contribution in [1.82, 2.24) is 4.72 Å². The summed E-state index contributed by atoms with van der Waals surface area (Å²) in [5.41, 5.74) is 3.84. The van der Waals surface area contributed by atoms with E-state index in [1.54, 1.807) is 0 Å². The molecule has 0 aliphatic heterocycles. The molecule has 1 saturated carbocycles. The van der Waals surface area contributed by atoms with Crippen LogP contribution >= 0.6 is 11.9 Å². The van der Waals surface area contributed by atoms with E-state index in [0.717, 1.165) is 43.3 Å². The number of carbonyl (C=O) groups excluding carboxylic acids is 1. The van der Waals surface area contributed by atoms with Gasteiger partial charge in [0.2, 0.25) is 0 Å². The van der Waals surface area contributed by atoms with E-state index in [2.05, 4.69) is 4.72 Å². The minimum Gasteiger partial charge on any atom is -0.394 e. The van der Waals surface area contributed by atoms with Gasteiger partial charge in [-0.2, -0.15) is 0 Å². The molecule has 1 aliphatic rings. The van der Waals surface area contributed by atoms with E-state index < -0.39 is 22.9 Å². The van der Waals surface area contributed by atoms with Crippen molar-refractivity contribution in [2.24, 2.45) is 0 Å². The number of nitrogens with two attached hydrogens (primary N) is 1. The van der Waals surface area contributed by atoms with Crippen molar-refractivity contribution in [3.8, 4) is 0 Å². The van der Waals surface area contributed by atoms with Crippen molar-refractivity contribution in [2.45, 2.75) is 42.6 Å². The van der Waals surface area contributed by atoms with Crippen LogP contribution in [0.2, 0.25) is 0 Å². The number of nitrogen functional groups attached to an aromatic ring is 1. The van der Waals surface area contributed by atoms with Crippen LogP contribution in [0.25, 0.3) is 0 Å². The van der Waals surface area contributed by atoms with Crippen molar-refractivity contribution >= 4 is 23.5 Å². The summed E-state index contributed by atoms with van der Waals surface area (Å²) in [7, 11) is 1.51. The Morgan fingerprint density at radius 3 is 2.38 bits per heavy atom. The van der Waals surface area contributed by atoms with Crippen molar-refractivity contribution in [3.63, 3.8) is 0 Å². The topological polar surface area (TPSA) is 64.3 Å². The second-order valence-electron chi connectivity index (χ2n) is 5.09. The van der Waals surface area contributed by atoms with Gasteiger partial charge in [-0.15, -0.1) is 0 Å². The van der Waals surface area contributed by atoms with Gasteiger partial charge in [0.05, 0.1) is 0 Å². The Bertz CT molecular complexity index is 511. The molecule has 116 valence electrons. The number of anilines is 1. The lowest BCUT2D eigenvalue weighted by atomic mass is 9.84. The van der Waals surface area contributed by atoms with Crippen LogP contribution in [0.3, 0.4) is 0 Å². The maximum atomic E-state index is 13.3. The number of methoxy groups -OCH3 is 1. The predicted octanol–water partition coefficient (Wildman–Crippen LogP) is 3.02. The number of carbonyl (C=O) groups is 1. The molecule has 1 aromatic carbocycles. The van der Waals surface area contributed by atoms with Crippen molar-refractivity contribution < 1.29 is 18.3 Å². The Morgan fingerprint density at radius 2 is 1.86 bits per heavy atom. The van der Waals surface area contributed by atoms with E-state index in [4.69, 9.17) is 10.5 Å². The highest BCUT2D eigenvalue weighted by Gasteiger charge is 2.39. The zero-order chi connectivity index (χ0) is 15.5. The minimum atomic E-state index is -0.842. The van der Waals surface area contributed by atoms with Crippen LogP contribution in [0.1, 0.15) is 32.1 Å². The number of hydrogen-bond acceptors (Lipinski definition) is 4. The van der Waals surface area contributed by atoms with Crippen LogP contribution in [0.4, 0.5) is 14.5 Å². The Morgan fingerprint density at radius 1 is 1.29 bits per heavy atom. The Hall–Kier alpha value is -1.34. The summed E-state index contributed by atoms with van der Waals surface area (Å²) in [6.45, 7) is 0. The highest BCUT2D eigenvalue weighted by molar-refractivity contribution is 7.98. The molecule has 1 aromatic rings. The molecular weight excluding hydrogens is 298 g/mol. The fraction of sp³-hybridized carbons (Fsp3) is 0.500. The largest absolute Gasteiger partial charge is 0.394 e. The number of halogens is 2. The molecule has 0 bridgehead atoms. The molecule has 0 spiro atoms. The SMILES string of the molecule is COC1(C(=O)NSc2cc(F)c(N)c(F)c2)CCCCC1. The molecule has 0 radical (unpaired) electrons. The van der Waals surface area contributed by atoms with Crippen LogP contribution in [0.15, 0.2) is 17.0 Å². The first-order valence-electron chi connectivity index (χ1n) is 6.75. The standard InChI is InChI=1S/C14H18F2N2O2S/c1-20-14(5-3-2-4-6-14)13(19)18-21-9-7-10(15)12(17)11(16)8-9/h7-8H,2-6,17H2,1H3,(H,18,19). The molecule has 0 unspecified atom stereocenters. The van der Waals surface area contributed by atoms with Crippen molar-refractivity contribution in [1.29, 1.82) is 0 Å². The lowest BCUT2D eigenvalue weighted by molar-refractivity contribution is -0.145. The molecular formula is C14H18F2N2O2S. The Balaban J connectivity index is 2.03. The summed E-state index contributed by atoms with van der Waals surface area (Å²) < 4.78 is 34.7. The fourth-order valence-electron chi connectivity index (χ4n) is 2.47. The Kier molecular flexibility index (Phi) is 5.05. The van der Waals surface area contributed by atoms with E-state index in [0.29, 0.717) is 12.8 Å². The molecule has 21 heavy (non-hydrogen) atoms. The minimum absolute atomic E-state index is 0.245. The highest BCUT2D eigenvalue weighted by Crippen LogP contribution is 2.32. The third-order valence-corrected chi connectivity index (χ3v) is 4.54. The zero-order valence-corrected chi connectivity index (χ0v) is 12.6. The number of hydrogen-bond donors (Lipinski definition) is 2.